The molecule has 1 aliphatic carbocycles. The number of hydrogen-bond donors (Lipinski definition) is 0. The van der Waals surface area contributed by atoms with Crippen LogP contribution in [-0.4, -0.2) is 12.6 Å². The van der Waals surface area contributed by atoms with Gasteiger partial charge in [0.1, 0.15) is 0 Å². The average molecular weight is 196 g/mol. The Balaban J connectivity index is 2.47. The first-order chi connectivity index (χ1) is 6.65. The van der Waals surface area contributed by atoms with Crippen LogP contribution in [0.25, 0.3) is 0 Å². The van der Waals surface area contributed by atoms with Crippen molar-refractivity contribution >= 4 is 5.97 Å². The van der Waals surface area contributed by atoms with E-state index in [1.165, 1.54) is 24.8 Å². The van der Waals surface area contributed by atoms with Crippen LogP contribution in [0.3, 0.4) is 0 Å². The van der Waals surface area contributed by atoms with Crippen molar-refractivity contribution in [3.8, 4) is 0 Å². The molecule has 0 aromatic carbocycles. The number of carbonyl (C=O) groups excluding carboxylic acids is 1. The molecule has 1 rings (SSSR count). The predicted molar refractivity (Wildman–Crippen MR) is 57.0 cm³/mol. The summed E-state index contributed by atoms with van der Waals surface area (Å²) >= 11 is 0. The van der Waals surface area contributed by atoms with E-state index in [0.717, 1.165) is 17.9 Å². The first-order valence-corrected chi connectivity index (χ1v) is 5.48. The quantitative estimate of drug-likeness (QED) is 0.510. The molecule has 0 aliphatic heterocycles. The topological polar surface area (TPSA) is 26.3 Å². The highest BCUT2D eigenvalue weighted by Crippen LogP contribution is 2.32. The summed E-state index contributed by atoms with van der Waals surface area (Å²) in [6.45, 7) is 6.22. The third-order valence-electron chi connectivity index (χ3n) is 3.04. The highest BCUT2D eigenvalue weighted by molar-refractivity contribution is 5.88. The molecular weight excluding hydrogens is 176 g/mol. The number of esters is 1. The summed E-state index contributed by atoms with van der Waals surface area (Å²) in [5, 5.41) is 0. The van der Waals surface area contributed by atoms with E-state index >= 15 is 0 Å². The molecule has 2 nitrogen and oxygen atoms in total. The molecule has 1 fully saturated rings. The van der Waals surface area contributed by atoms with Gasteiger partial charge in [0, 0.05) is 5.57 Å². The molecule has 1 saturated carbocycles. The normalized spacial score (nSPS) is 18.5. The first-order valence-electron chi connectivity index (χ1n) is 5.48. The number of ether oxygens (including phenoxy) is 1. The molecule has 1 aliphatic rings. The zero-order chi connectivity index (χ0) is 10.6. The summed E-state index contributed by atoms with van der Waals surface area (Å²) in [7, 11) is 0. The summed E-state index contributed by atoms with van der Waals surface area (Å²) in [5.74, 6) is 0.670. The van der Waals surface area contributed by atoms with E-state index in [1.807, 2.05) is 20.8 Å². The van der Waals surface area contributed by atoms with E-state index < -0.39 is 0 Å². The minimum absolute atomic E-state index is 0.149. The molecule has 0 amide bonds. The van der Waals surface area contributed by atoms with Gasteiger partial charge in [-0.3, -0.25) is 0 Å². The van der Waals surface area contributed by atoms with Gasteiger partial charge in [0.15, 0.2) is 0 Å². The number of rotatable bonds is 4. The molecule has 0 bridgehead atoms. The second kappa shape index (κ2) is 5.18. The highest BCUT2D eigenvalue weighted by Gasteiger charge is 2.19. The van der Waals surface area contributed by atoms with Gasteiger partial charge in [-0.25, -0.2) is 4.79 Å². The summed E-state index contributed by atoms with van der Waals surface area (Å²) in [6, 6.07) is 0. The van der Waals surface area contributed by atoms with Crippen molar-refractivity contribution in [1.29, 1.82) is 0 Å². The molecule has 0 N–H and O–H groups in total. The van der Waals surface area contributed by atoms with E-state index in [4.69, 9.17) is 4.74 Å². The molecule has 0 radical (unpaired) electrons. The van der Waals surface area contributed by atoms with Crippen molar-refractivity contribution in [2.75, 3.05) is 6.61 Å². The number of allylic oxidation sites excluding steroid dienone is 1. The van der Waals surface area contributed by atoms with Crippen LogP contribution in [0, 0.1) is 5.92 Å². The Bertz CT molecular complexity index is 237. The van der Waals surface area contributed by atoms with Gasteiger partial charge in [0.05, 0.1) is 6.61 Å². The summed E-state index contributed by atoms with van der Waals surface area (Å²) in [5.41, 5.74) is 2.01. The number of carbonyl (C=O) groups is 1. The van der Waals surface area contributed by atoms with Crippen LogP contribution in [0.2, 0.25) is 0 Å². The second-order valence-corrected chi connectivity index (χ2v) is 4.13. The van der Waals surface area contributed by atoms with Gasteiger partial charge >= 0.3 is 5.97 Å². The molecule has 0 aromatic heterocycles. The fraction of sp³-hybridized carbons (Fsp3) is 0.750. The minimum atomic E-state index is -0.149. The van der Waals surface area contributed by atoms with E-state index in [9.17, 15) is 4.79 Å². The fourth-order valence-electron chi connectivity index (χ4n) is 1.70. The molecule has 14 heavy (non-hydrogen) atoms. The predicted octanol–water partition coefficient (Wildman–Crippen LogP) is 3.08. The Morgan fingerprint density at radius 2 is 2.00 bits per heavy atom. The van der Waals surface area contributed by atoms with Crippen molar-refractivity contribution in [3.05, 3.63) is 11.1 Å². The zero-order valence-electron chi connectivity index (χ0n) is 9.43. The minimum Gasteiger partial charge on any atom is -0.463 e. The van der Waals surface area contributed by atoms with E-state index in [1.54, 1.807) is 0 Å². The van der Waals surface area contributed by atoms with Crippen LogP contribution in [0.5, 0.6) is 0 Å². The maximum Gasteiger partial charge on any atom is 0.333 e. The summed E-state index contributed by atoms with van der Waals surface area (Å²) < 4.78 is 4.96. The van der Waals surface area contributed by atoms with Crippen molar-refractivity contribution in [1.82, 2.24) is 0 Å². The lowest BCUT2D eigenvalue weighted by Gasteiger charge is -2.26. The maximum atomic E-state index is 11.4. The zero-order valence-corrected chi connectivity index (χ0v) is 9.43. The van der Waals surface area contributed by atoms with Gasteiger partial charge in [-0.2, -0.15) is 0 Å². The van der Waals surface area contributed by atoms with Gasteiger partial charge < -0.3 is 4.74 Å². The van der Waals surface area contributed by atoms with Crippen molar-refractivity contribution in [2.45, 2.75) is 46.5 Å². The molecule has 0 spiro atoms. The van der Waals surface area contributed by atoms with Crippen LogP contribution in [0.4, 0.5) is 0 Å². The van der Waals surface area contributed by atoms with E-state index in [0.29, 0.717) is 6.61 Å². The van der Waals surface area contributed by atoms with Gasteiger partial charge in [0.25, 0.3) is 0 Å². The third kappa shape index (κ3) is 2.86. The average Bonchev–Trinajstić information content (AvgIpc) is 2.10. The third-order valence-corrected chi connectivity index (χ3v) is 3.04. The second-order valence-electron chi connectivity index (χ2n) is 4.13. The Labute approximate surface area is 86.3 Å². The molecule has 0 saturated heterocycles. The van der Waals surface area contributed by atoms with Crippen molar-refractivity contribution in [2.24, 2.45) is 5.92 Å². The van der Waals surface area contributed by atoms with Crippen LogP contribution in [0.1, 0.15) is 46.5 Å². The lowest BCUT2D eigenvalue weighted by molar-refractivity contribution is -0.138. The van der Waals surface area contributed by atoms with Gasteiger partial charge in [0.2, 0.25) is 0 Å². The molecule has 0 atom stereocenters. The largest absolute Gasteiger partial charge is 0.463 e. The first kappa shape index (κ1) is 11.3. The summed E-state index contributed by atoms with van der Waals surface area (Å²) in [4.78, 5) is 11.4. The Hall–Kier alpha value is -0.790. The van der Waals surface area contributed by atoms with Crippen LogP contribution >= 0.6 is 0 Å². The smallest absolute Gasteiger partial charge is 0.333 e. The van der Waals surface area contributed by atoms with E-state index in [-0.39, 0.29) is 5.97 Å². The molecule has 0 heterocycles. The fourth-order valence-corrected chi connectivity index (χ4v) is 1.70. The highest BCUT2D eigenvalue weighted by atomic mass is 16.5. The molecule has 0 aromatic rings. The molecule has 2 heteroatoms. The Kier molecular flexibility index (Phi) is 4.18. The van der Waals surface area contributed by atoms with Gasteiger partial charge in [-0.15, -0.1) is 0 Å². The molecule has 0 unspecified atom stereocenters. The van der Waals surface area contributed by atoms with Crippen molar-refractivity contribution < 1.29 is 9.53 Å². The Morgan fingerprint density at radius 1 is 1.36 bits per heavy atom. The molecular formula is C12H20O2. The van der Waals surface area contributed by atoms with Crippen LogP contribution in [-0.2, 0) is 9.53 Å². The Morgan fingerprint density at radius 3 is 2.43 bits per heavy atom. The van der Waals surface area contributed by atoms with Gasteiger partial charge in [-0.1, -0.05) is 24.8 Å². The number of hydrogen-bond acceptors (Lipinski definition) is 2. The van der Waals surface area contributed by atoms with Gasteiger partial charge in [-0.05, 0) is 33.1 Å². The van der Waals surface area contributed by atoms with E-state index in [2.05, 4.69) is 0 Å². The standard InChI is InChI=1S/C12H20O2/c1-4-14-12(13)10(3)9(2)8-11-6-5-7-11/h11H,4-8H2,1-3H3. The van der Waals surface area contributed by atoms with Crippen molar-refractivity contribution in [3.63, 3.8) is 0 Å². The monoisotopic (exact) mass is 196 g/mol. The van der Waals surface area contributed by atoms with Crippen LogP contribution in [0.15, 0.2) is 11.1 Å². The maximum absolute atomic E-state index is 11.4. The van der Waals surface area contributed by atoms with Crippen LogP contribution < -0.4 is 0 Å². The lowest BCUT2D eigenvalue weighted by Crippen LogP contribution is -2.13. The molecule has 80 valence electrons. The lowest BCUT2D eigenvalue weighted by atomic mass is 9.80. The SMILES string of the molecule is CCOC(=O)C(C)=C(C)CC1CCC1. The summed E-state index contributed by atoms with van der Waals surface area (Å²) in [6.07, 6.45) is 5.09.